The second kappa shape index (κ2) is 15.0. The molecule has 37 heavy (non-hydrogen) atoms. The van der Waals surface area contributed by atoms with Crippen molar-refractivity contribution in [2.75, 3.05) is 0 Å². The molecule has 3 atom stereocenters. The number of esters is 2. The van der Waals surface area contributed by atoms with E-state index in [0.717, 1.165) is 0 Å². The molecule has 0 bridgehead atoms. The highest BCUT2D eigenvalue weighted by Gasteiger charge is 2.25. The molecule has 0 aromatic heterocycles. The molecule has 1 aromatic carbocycles. The van der Waals surface area contributed by atoms with Crippen molar-refractivity contribution in [3.8, 4) is 11.5 Å². The van der Waals surface area contributed by atoms with Crippen molar-refractivity contribution in [3.05, 3.63) is 23.8 Å². The van der Waals surface area contributed by atoms with Crippen LogP contribution in [0.2, 0.25) is 0 Å². The third-order valence-electron chi connectivity index (χ3n) is 4.67. The average molecular weight is 526 g/mol. The zero-order chi connectivity index (χ0) is 28.3. The van der Waals surface area contributed by atoms with Gasteiger partial charge in [0, 0.05) is 6.42 Å². The van der Waals surface area contributed by atoms with Crippen LogP contribution in [-0.2, 0) is 35.0 Å². The Morgan fingerprint density at radius 2 is 1.24 bits per heavy atom. The van der Waals surface area contributed by atoms with Gasteiger partial charge in [0.1, 0.15) is 18.2 Å². The SMILES string of the molecule is CC(C)CC(=O)O[C@@H](C)[C@H](C)OC(=O)[C@@H](N)Cc1ccc(OC(=O)OC(C)C)c(OC(=O)OC(C)C)c1. The first kappa shape index (κ1) is 31.7. The Bertz CT molecular complexity index is 928. The number of carbonyl (C=O) groups is 4. The molecular formula is C26H39NO10. The van der Waals surface area contributed by atoms with Gasteiger partial charge in [0.25, 0.3) is 0 Å². The van der Waals surface area contributed by atoms with Gasteiger partial charge in [-0.3, -0.25) is 9.59 Å². The molecule has 0 aliphatic rings. The summed E-state index contributed by atoms with van der Waals surface area (Å²) in [6.45, 7) is 13.6. The molecule has 1 rings (SSSR count). The number of benzene rings is 1. The Balaban J connectivity index is 2.91. The summed E-state index contributed by atoms with van der Waals surface area (Å²) in [5, 5.41) is 0. The fourth-order valence-electron chi connectivity index (χ4n) is 2.84. The van der Waals surface area contributed by atoms with E-state index in [4.69, 9.17) is 34.2 Å². The largest absolute Gasteiger partial charge is 0.514 e. The molecule has 1 aromatic rings. The Morgan fingerprint density at radius 3 is 1.76 bits per heavy atom. The van der Waals surface area contributed by atoms with Crippen LogP contribution in [0.15, 0.2) is 18.2 Å². The topological polar surface area (TPSA) is 150 Å². The molecule has 0 spiro atoms. The lowest BCUT2D eigenvalue weighted by Crippen LogP contribution is -2.39. The van der Waals surface area contributed by atoms with E-state index < -0.39 is 48.7 Å². The van der Waals surface area contributed by atoms with E-state index in [1.807, 2.05) is 13.8 Å². The van der Waals surface area contributed by atoms with Gasteiger partial charge in [-0.1, -0.05) is 19.9 Å². The predicted molar refractivity (Wildman–Crippen MR) is 133 cm³/mol. The minimum absolute atomic E-state index is 0.0133. The summed E-state index contributed by atoms with van der Waals surface area (Å²) in [6, 6.07) is 3.25. The molecular weight excluding hydrogens is 486 g/mol. The van der Waals surface area contributed by atoms with Gasteiger partial charge in [-0.25, -0.2) is 9.59 Å². The quantitative estimate of drug-likeness (QED) is 0.236. The summed E-state index contributed by atoms with van der Waals surface area (Å²) in [6.07, 6.45) is -3.96. The Morgan fingerprint density at radius 1 is 0.730 bits per heavy atom. The standard InChI is InChI=1S/C26H39NO10/c1-14(2)11-23(28)34-17(7)18(8)35-24(29)20(27)12-19-9-10-21(36-25(30)32-15(3)4)22(13-19)37-26(31)33-16(5)6/h9-10,13-18,20H,11-12,27H2,1-8H3/t17-,18-,20-/m0/s1. The lowest BCUT2D eigenvalue weighted by atomic mass is 10.1. The second-order valence-corrected chi connectivity index (χ2v) is 9.56. The van der Waals surface area contributed by atoms with Crippen LogP contribution in [0.5, 0.6) is 11.5 Å². The maximum absolute atomic E-state index is 12.5. The average Bonchev–Trinajstić information content (AvgIpc) is 2.73. The van der Waals surface area contributed by atoms with Gasteiger partial charge in [0.2, 0.25) is 0 Å². The van der Waals surface area contributed by atoms with Crippen LogP contribution in [0.25, 0.3) is 0 Å². The minimum atomic E-state index is -1.07. The maximum Gasteiger partial charge on any atom is 0.514 e. The van der Waals surface area contributed by atoms with Crippen LogP contribution in [0.4, 0.5) is 9.59 Å². The van der Waals surface area contributed by atoms with Gasteiger partial charge >= 0.3 is 24.2 Å². The van der Waals surface area contributed by atoms with Gasteiger partial charge in [-0.05, 0) is 71.6 Å². The van der Waals surface area contributed by atoms with Crippen molar-refractivity contribution in [3.63, 3.8) is 0 Å². The summed E-state index contributed by atoms with van der Waals surface area (Å²) in [4.78, 5) is 48.4. The molecule has 0 saturated carbocycles. The van der Waals surface area contributed by atoms with E-state index in [0.29, 0.717) is 5.56 Å². The third-order valence-corrected chi connectivity index (χ3v) is 4.67. The van der Waals surface area contributed by atoms with E-state index in [-0.39, 0.29) is 36.2 Å². The predicted octanol–water partition coefficient (Wildman–Crippen LogP) is 4.31. The van der Waals surface area contributed by atoms with Gasteiger partial charge in [0.05, 0.1) is 12.2 Å². The summed E-state index contributed by atoms with van der Waals surface area (Å²) >= 11 is 0. The highest BCUT2D eigenvalue weighted by atomic mass is 16.7. The van der Waals surface area contributed by atoms with E-state index in [1.54, 1.807) is 47.6 Å². The van der Waals surface area contributed by atoms with E-state index in [9.17, 15) is 19.2 Å². The molecule has 0 aliphatic carbocycles. The van der Waals surface area contributed by atoms with Crippen LogP contribution >= 0.6 is 0 Å². The maximum atomic E-state index is 12.5. The second-order valence-electron chi connectivity index (χ2n) is 9.56. The van der Waals surface area contributed by atoms with Crippen LogP contribution in [-0.4, -0.2) is 54.7 Å². The van der Waals surface area contributed by atoms with E-state index >= 15 is 0 Å². The fourth-order valence-corrected chi connectivity index (χ4v) is 2.84. The normalized spacial score (nSPS) is 13.5. The van der Waals surface area contributed by atoms with Gasteiger partial charge in [-0.15, -0.1) is 0 Å². The van der Waals surface area contributed by atoms with Crippen molar-refractivity contribution in [1.29, 1.82) is 0 Å². The number of hydrogen-bond donors (Lipinski definition) is 1. The number of hydrogen-bond acceptors (Lipinski definition) is 11. The highest BCUT2D eigenvalue weighted by Crippen LogP contribution is 2.30. The number of ether oxygens (including phenoxy) is 6. The van der Waals surface area contributed by atoms with Crippen molar-refractivity contribution in [1.82, 2.24) is 0 Å². The molecule has 11 heteroatoms. The van der Waals surface area contributed by atoms with Gasteiger partial charge in [0.15, 0.2) is 11.5 Å². The van der Waals surface area contributed by atoms with Crippen molar-refractivity contribution in [2.45, 2.75) is 98.7 Å². The van der Waals surface area contributed by atoms with E-state index in [1.165, 1.54) is 12.1 Å². The molecule has 0 fully saturated rings. The molecule has 0 heterocycles. The molecule has 0 saturated heterocycles. The molecule has 2 N–H and O–H groups in total. The zero-order valence-corrected chi connectivity index (χ0v) is 22.8. The minimum Gasteiger partial charge on any atom is -0.459 e. The van der Waals surface area contributed by atoms with Gasteiger partial charge < -0.3 is 34.2 Å². The van der Waals surface area contributed by atoms with E-state index in [2.05, 4.69) is 0 Å². The molecule has 11 nitrogen and oxygen atoms in total. The Labute approximate surface area is 217 Å². The van der Waals surface area contributed by atoms with Crippen molar-refractivity contribution >= 4 is 24.2 Å². The lowest BCUT2D eigenvalue weighted by molar-refractivity contribution is -0.166. The molecule has 208 valence electrons. The van der Waals surface area contributed by atoms with Crippen LogP contribution in [0.1, 0.15) is 67.4 Å². The molecule has 0 radical (unpaired) electrons. The van der Waals surface area contributed by atoms with Crippen LogP contribution < -0.4 is 15.2 Å². The van der Waals surface area contributed by atoms with Gasteiger partial charge in [-0.2, -0.15) is 0 Å². The summed E-state index contributed by atoms with van der Waals surface area (Å²) in [5.74, 6) is -1.15. The highest BCUT2D eigenvalue weighted by molar-refractivity contribution is 5.76. The number of carbonyl (C=O) groups excluding carboxylic acids is 4. The van der Waals surface area contributed by atoms with Crippen molar-refractivity contribution in [2.24, 2.45) is 11.7 Å². The monoisotopic (exact) mass is 525 g/mol. The zero-order valence-electron chi connectivity index (χ0n) is 22.8. The third kappa shape index (κ3) is 12.4. The Kier molecular flexibility index (Phi) is 12.9. The molecule has 0 amide bonds. The van der Waals surface area contributed by atoms with Crippen LogP contribution in [0, 0.1) is 5.92 Å². The van der Waals surface area contributed by atoms with Crippen LogP contribution in [0.3, 0.4) is 0 Å². The Hall–Kier alpha value is -3.34. The molecule has 0 aliphatic heterocycles. The first-order valence-corrected chi connectivity index (χ1v) is 12.2. The number of rotatable bonds is 12. The number of nitrogens with two attached hydrogens (primary N) is 1. The molecule has 0 unspecified atom stereocenters. The van der Waals surface area contributed by atoms with Crippen molar-refractivity contribution < 1.29 is 47.6 Å². The summed E-state index contributed by atoms with van der Waals surface area (Å²) < 4.78 is 31.0. The first-order chi connectivity index (χ1) is 17.2. The smallest absolute Gasteiger partial charge is 0.459 e. The fraction of sp³-hybridized carbons (Fsp3) is 0.615. The summed E-state index contributed by atoms with van der Waals surface area (Å²) in [5.41, 5.74) is 6.53. The first-order valence-electron chi connectivity index (χ1n) is 12.2. The summed E-state index contributed by atoms with van der Waals surface area (Å²) in [7, 11) is 0. The lowest BCUT2D eigenvalue weighted by Gasteiger charge is -2.23.